The summed E-state index contributed by atoms with van der Waals surface area (Å²) in [6.45, 7) is 1.83. The first kappa shape index (κ1) is 13.7. The van der Waals surface area contributed by atoms with Crippen LogP contribution in [0.15, 0.2) is 61.0 Å². The van der Waals surface area contributed by atoms with Crippen LogP contribution in [0.3, 0.4) is 0 Å². The van der Waals surface area contributed by atoms with Crippen LogP contribution in [-0.4, -0.2) is 32.8 Å². The average Bonchev–Trinajstić information content (AvgIpc) is 2.38. The lowest BCUT2D eigenvalue weighted by molar-refractivity contribution is 0.424. The predicted octanol–water partition coefficient (Wildman–Crippen LogP) is 3.76. The molecule has 2 aliphatic heterocycles. The molecule has 0 aliphatic carbocycles. The molecule has 0 aromatic carbocycles. The van der Waals surface area contributed by atoms with Crippen molar-refractivity contribution < 1.29 is 0 Å². The van der Waals surface area contributed by atoms with Crippen LogP contribution in [0.2, 0.25) is 0 Å². The number of hydrogen-bond donors (Lipinski definition) is 0. The molecule has 0 N–H and O–H groups in total. The highest BCUT2D eigenvalue weighted by atomic mass is 79.9. The maximum Gasteiger partial charge on any atom is 0.103 e. The van der Waals surface area contributed by atoms with E-state index in [-0.39, 0.29) is 0 Å². The van der Waals surface area contributed by atoms with Crippen molar-refractivity contribution >= 4 is 31.9 Å². The Bertz CT molecular complexity index is 372. The van der Waals surface area contributed by atoms with Crippen molar-refractivity contribution in [3.8, 4) is 0 Å². The lowest BCUT2D eigenvalue weighted by atomic mass is 10.3. The standard InChI is InChI=1S/C14H16Br2N2/c15-13-7-1-3-9-17(13)11-5-6-12-18-10-4-2-8-14(18)16/h1-10,13-14H,11-12H2/b6-5+/t13-,14-/m1/s1. The van der Waals surface area contributed by atoms with Crippen molar-refractivity contribution in [1.82, 2.24) is 9.80 Å². The van der Waals surface area contributed by atoms with Crippen LogP contribution < -0.4 is 0 Å². The molecule has 2 rings (SSSR count). The van der Waals surface area contributed by atoms with Crippen molar-refractivity contribution in [2.75, 3.05) is 13.1 Å². The minimum atomic E-state index is 0.300. The molecule has 0 saturated heterocycles. The number of allylic oxidation sites excluding steroid dienone is 4. The number of rotatable bonds is 4. The maximum atomic E-state index is 3.61. The molecule has 2 aliphatic rings. The normalized spacial score (nSPS) is 26.6. The summed E-state index contributed by atoms with van der Waals surface area (Å²) < 4.78 is 0. The molecule has 18 heavy (non-hydrogen) atoms. The van der Waals surface area contributed by atoms with Crippen molar-refractivity contribution in [3.63, 3.8) is 0 Å². The molecule has 0 aromatic rings. The number of hydrogen-bond acceptors (Lipinski definition) is 2. The van der Waals surface area contributed by atoms with Gasteiger partial charge in [-0.15, -0.1) is 0 Å². The maximum absolute atomic E-state index is 3.61. The number of halogens is 2. The van der Waals surface area contributed by atoms with Crippen LogP contribution in [0.4, 0.5) is 0 Å². The number of alkyl halides is 2. The Morgan fingerprint density at radius 2 is 1.22 bits per heavy atom. The van der Waals surface area contributed by atoms with E-state index in [0.29, 0.717) is 9.90 Å². The zero-order chi connectivity index (χ0) is 12.8. The third-order valence-electron chi connectivity index (χ3n) is 2.75. The molecule has 0 aromatic heterocycles. The Morgan fingerprint density at radius 1 is 0.778 bits per heavy atom. The summed E-state index contributed by atoms with van der Waals surface area (Å²) in [5.74, 6) is 0. The van der Waals surface area contributed by atoms with E-state index in [4.69, 9.17) is 0 Å². The summed E-state index contributed by atoms with van der Waals surface area (Å²) in [6, 6.07) is 0. The highest BCUT2D eigenvalue weighted by Gasteiger charge is 2.09. The summed E-state index contributed by atoms with van der Waals surface area (Å²) >= 11 is 7.22. The lowest BCUT2D eigenvalue weighted by Gasteiger charge is -2.26. The largest absolute Gasteiger partial charge is 0.358 e. The van der Waals surface area contributed by atoms with Gasteiger partial charge >= 0.3 is 0 Å². The first-order valence-corrected chi connectivity index (χ1v) is 7.75. The summed E-state index contributed by atoms with van der Waals surface area (Å²) in [5.41, 5.74) is 0. The molecule has 0 bridgehead atoms. The van der Waals surface area contributed by atoms with Crippen molar-refractivity contribution in [2.45, 2.75) is 9.90 Å². The minimum Gasteiger partial charge on any atom is -0.358 e. The van der Waals surface area contributed by atoms with Gasteiger partial charge in [0.05, 0.1) is 0 Å². The zero-order valence-corrected chi connectivity index (χ0v) is 13.2. The zero-order valence-electron chi connectivity index (χ0n) is 9.99. The van der Waals surface area contributed by atoms with Gasteiger partial charge in [-0.2, -0.15) is 0 Å². The van der Waals surface area contributed by atoms with E-state index < -0.39 is 0 Å². The van der Waals surface area contributed by atoms with E-state index in [1.54, 1.807) is 0 Å². The smallest absolute Gasteiger partial charge is 0.103 e. The molecule has 0 amide bonds. The van der Waals surface area contributed by atoms with Gasteiger partial charge in [-0.1, -0.05) is 68.3 Å². The summed E-state index contributed by atoms with van der Waals surface area (Å²) in [5, 5.41) is 0. The Balaban J connectivity index is 1.75. The molecule has 0 unspecified atom stereocenters. The first-order valence-electron chi connectivity index (χ1n) is 5.92. The van der Waals surface area contributed by atoms with E-state index in [0.717, 1.165) is 13.1 Å². The van der Waals surface area contributed by atoms with Gasteiger partial charge in [-0.3, -0.25) is 0 Å². The third-order valence-corrected chi connectivity index (χ3v) is 4.41. The molecule has 2 nitrogen and oxygen atoms in total. The minimum absolute atomic E-state index is 0.300. The third kappa shape index (κ3) is 3.89. The van der Waals surface area contributed by atoms with Gasteiger partial charge < -0.3 is 9.80 Å². The molecule has 0 saturated carbocycles. The van der Waals surface area contributed by atoms with E-state index in [2.05, 4.69) is 103 Å². The fourth-order valence-electron chi connectivity index (χ4n) is 1.73. The summed E-state index contributed by atoms with van der Waals surface area (Å²) in [6.07, 6.45) is 21.1. The Labute approximate surface area is 125 Å². The fraction of sp³-hybridized carbons (Fsp3) is 0.286. The summed E-state index contributed by atoms with van der Waals surface area (Å²) in [7, 11) is 0. The quantitative estimate of drug-likeness (QED) is 0.421. The van der Waals surface area contributed by atoms with Crippen molar-refractivity contribution in [3.05, 3.63) is 61.0 Å². The summed E-state index contributed by atoms with van der Waals surface area (Å²) in [4.78, 5) is 5.06. The average molecular weight is 372 g/mol. The molecule has 0 radical (unpaired) electrons. The molecular formula is C14H16Br2N2. The molecule has 0 fully saturated rings. The van der Waals surface area contributed by atoms with Crippen molar-refractivity contribution in [2.24, 2.45) is 0 Å². The highest BCUT2D eigenvalue weighted by molar-refractivity contribution is 9.09. The van der Waals surface area contributed by atoms with Gasteiger partial charge in [0.2, 0.25) is 0 Å². The van der Waals surface area contributed by atoms with Crippen LogP contribution in [0, 0.1) is 0 Å². The van der Waals surface area contributed by atoms with Gasteiger partial charge in [0.25, 0.3) is 0 Å². The van der Waals surface area contributed by atoms with Crippen molar-refractivity contribution in [1.29, 1.82) is 0 Å². The monoisotopic (exact) mass is 370 g/mol. The SMILES string of the molecule is Br[C@H]1C=CC=CN1C/C=C/CN1C=CC=C[C@@H]1Br. The van der Waals surface area contributed by atoms with E-state index >= 15 is 0 Å². The Morgan fingerprint density at radius 3 is 1.61 bits per heavy atom. The Hall–Kier alpha value is -0.740. The van der Waals surface area contributed by atoms with Crippen LogP contribution >= 0.6 is 31.9 Å². The second kappa shape index (κ2) is 7.00. The molecule has 2 heterocycles. The second-order valence-corrected chi connectivity index (χ2v) is 5.94. The number of nitrogens with zero attached hydrogens (tertiary/aromatic N) is 2. The molecule has 0 spiro atoms. The van der Waals surface area contributed by atoms with E-state index in [1.807, 2.05) is 0 Å². The van der Waals surface area contributed by atoms with Crippen LogP contribution in [-0.2, 0) is 0 Å². The highest BCUT2D eigenvalue weighted by Crippen LogP contribution is 2.15. The second-order valence-electron chi connectivity index (χ2n) is 4.06. The van der Waals surface area contributed by atoms with Crippen LogP contribution in [0.25, 0.3) is 0 Å². The van der Waals surface area contributed by atoms with E-state index in [9.17, 15) is 0 Å². The lowest BCUT2D eigenvalue weighted by Crippen LogP contribution is -2.27. The van der Waals surface area contributed by atoms with Gasteiger partial charge in [0.15, 0.2) is 0 Å². The first-order chi connectivity index (χ1) is 8.77. The topological polar surface area (TPSA) is 6.48 Å². The van der Waals surface area contributed by atoms with Crippen LogP contribution in [0.1, 0.15) is 0 Å². The predicted molar refractivity (Wildman–Crippen MR) is 84.5 cm³/mol. The van der Waals surface area contributed by atoms with Gasteiger partial charge in [0, 0.05) is 25.5 Å². The van der Waals surface area contributed by atoms with E-state index in [1.165, 1.54) is 0 Å². The van der Waals surface area contributed by atoms with Gasteiger partial charge in [-0.05, 0) is 12.2 Å². The van der Waals surface area contributed by atoms with Gasteiger partial charge in [-0.25, -0.2) is 0 Å². The molecular weight excluding hydrogens is 356 g/mol. The molecule has 96 valence electrons. The van der Waals surface area contributed by atoms with Crippen LogP contribution in [0.5, 0.6) is 0 Å². The molecule has 4 heteroatoms. The fourth-order valence-corrected chi connectivity index (χ4v) is 2.69. The van der Waals surface area contributed by atoms with Gasteiger partial charge in [0.1, 0.15) is 9.90 Å². The Kier molecular flexibility index (Phi) is 5.32. The molecule has 2 atom stereocenters.